The van der Waals surface area contributed by atoms with Gasteiger partial charge in [0, 0.05) is 13.7 Å². The maximum Gasteiger partial charge on any atom is 0.240 e. The van der Waals surface area contributed by atoms with Crippen LogP contribution in [0.3, 0.4) is 0 Å². The van der Waals surface area contributed by atoms with Crippen LogP contribution >= 0.6 is 12.4 Å². The Morgan fingerprint density at radius 3 is 2.83 bits per heavy atom. The third-order valence-electron chi connectivity index (χ3n) is 4.36. The smallest absolute Gasteiger partial charge is 0.240 e. The summed E-state index contributed by atoms with van der Waals surface area (Å²) in [6, 6.07) is 5.17. The average Bonchev–Trinajstić information content (AvgIpc) is 3.14. The van der Waals surface area contributed by atoms with Crippen molar-refractivity contribution in [2.45, 2.75) is 36.5 Å². The van der Waals surface area contributed by atoms with Crippen molar-refractivity contribution in [2.24, 2.45) is 0 Å². The molecule has 23 heavy (non-hydrogen) atoms. The van der Waals surface area contributed by atoms with Crippen molar-refractivity contribution in [2.75, 3.05) is 26.8 Å². The van der Waals surface area contributed by atoms with Crippen LogP contribution in [0, 0.1) is 0 Å². The fourth-order valence-corrected chi connectivity index (χ4v) is 4.28. The van der Waals surface area contributed by atoms with Gasteiger partial charge in [-0.1, -0.05) is 6.07 Å². The van der Waals surface area contributed by atoms with Crippen LogP contribution < -0.4 is 10.0 Å². The summed E-state index contributed by atoms with van der Waals surface area (Å²) < 4.78 is 38.3. The molecule has 0 saturated carbocycles. The van der Waals surface area contributed by atoms with Gasteiger partial charge in [-0.15, -0.1) is 12.4 Å². The minimum Gasteiger partial charge on any atom is -0.383 e. The van der Waals surface area contributed by atoms with Gasteiger partial charge in [0.2, 0.25) is 10.0 Å². The van der Waals surface area contributed by atoms with Crippen molar-refractivity contribution in [3.63, 3.8) is 0 Å². The summed E-state index contributed by atoms with van der Waals surface area (Å²) in [7, 11) is -1.89. The van der Waals surface area contributed by atoms with E-state index in [9.17, 15) is 8.42 Å². The molecule has 2 aliphatic heterocycles. The largest absolute Gasteiger partial charge is 0.383 e. The number of hydrogen-bond donors (Lipinski definition) is 2. The van der Waals surface area contributed by atoms with Gasteiger partial charge in [0.05, 0.1) is 30.3 Å². The molecule has 2 heterocycles. The van der Waals surface area contributed by atoms with Gasteiger partial charge < -0.3 is 14.8 Å². The zero-order valence-electron chi connectivity index (χ0n) is 13.1. The standard InChI is InChI=1S/C15H22N2O4S.ClH/c1-20-11-15(5-2-6-16-15)10-17-22(18,19)14-4-3-12-8-21-9-13(12)7-14;/h3-4,7,16-17H,2,5-6,8-11H2,1H3;1H. The summed E-state index contributed by atoms with van der Waals surface area (Å²) in [6.07, 6.45) is 1.93. The van der Waals surface area contributed by atoms with E-state index in [1.54, 1.807) is 19.2 Å². The summed E-state index contributed by atoms with van der Waals surface area (Å²) in [5.74, 6) is 0. The van der Waals surface area contributed by atoms with E-state index in [0.29, 0.717) is 31.3 Å². The number of benzene rings is 1. The summed E-state index contributed by atoms with van der Waals surface area (Å²) in [4.78, 5) is 0.294. The first-order valence-electron chi connectivity index (χ1n) is 7.48. The van der Waals surface area contributed by atoms with Gasteiger partial charge in [-0.3, -0.25) is 0 Å². The molecule has 1 saturated heterocycles. The predicted octanol–water partition coefficient (Wildman–Crippen LogP) is 1.19. The molecule has 1 aromatic carbocycles. The van der Waals surface area contributed by atoms with Gasteiger partial charge in [0.15, 0.2) is 0 Å². The number of methoxy groups -OCH3 is 1. The Balaban J connectivity index is 0.00000192. The van der Waals surface area contributed by atoms with Crippen LogP contribution in [0.15, 0.2) is 23.1 Å². The maximum absolute atomic E-state index is 12.5. The minimum atomic E-state index is -3.53. The molecule has 0 amide bonds. The molecular formula is C15H23ClN2O4S. The highest BCUT2D eigenvalue weighted by molar-refractivity contribution is 7.89. The van der Waals surface area contributed by atoms with E-state index in [2.05, 4.69) is 10.0 Å². The van der Waals surface area contributed by atoms with Crippen LogP contribution in [-0.2, 0) is 32.7 Å². The number of rotatable bonds is 6. The van der Waals surface area contributed by atoms with Crippen molar-refractivity contribution in [1.29, 1.82) is 0 Å². The van der Waals surface area contributed by atoms with Crippen molar-refractivity contribution in [3.05, 3.63) is 29.3 Å². The second kappa shape index (κ2) is 7.46. The highest BCUT2D eigenvalue weighted by Crippen LogP contribution is 2.24. The number of nitrogens with one attached hydrogen (secondary N) is 2. The van der Waals surface area contributed by atoms with Gasteiger partial charge >= 0.3 is 0 Å². The van der Waals surface area contributed by atoms with Crippen LogP contribution in [-0.4, -0.2) is 40.8 Å². The molecule has 0 bridgehead atoms. The Kier molecular flexibility index (Phi) is 6.05. The van der Waals surface area contributed by atoms with E-state index < -0.39 is 10.0 Å². The van der Waals surface area contributed by atoms with E-state index >= 15 is 0 Å². The molecule has 6 nitrogen and oxygen atoms in total. The molecule has 0 radical (unpaired) electrons. The first-order valence-corrected chi connectivity index (χ1v) is 8.96. The number of hydrogen-bond acceptors (Lipinski definition) is 5. The molecule has 2 N–H and O–H groups in total. The van der Waals surface area contributed by atoms with Gasteiger partial charge in [-0.2, -0.15) is 0 Å². The Hall–Kier alpha value is -0.700. The van der Waals surface area contributed by atoms with Crippen LogP contribution in [0.1, 0.15) is 24.0 Å². The normalized spacial score (nSPS) is 23.5. The molecule has 1 aromatic rings. The highest BCUT2D eigenvalue weighted by Gasteiger charge is 2.34. The molecule has 0 aliphatic carbocycles. The van der Waals surface area contributed by atoms with Gasteiger partial charge in [-0.25, -0.2) is 13.1 Å². The molecule has 0 aromatic heterocycles. The first-order chi connectivity index (χ1) is 10.5. The number of ether oxygens (including phenoxy) is 2. The van der Waals surface area contributed by atoms with Gasteiger partial charge in [0.25, 0.3) is 0 Å². The molecule has 0 spiro atoms. The number of halogens is 1. The third kappa shape index (κ3) is 4.04. The summed E-state index contributed by atoms with van der Waals surface area (Å²) in [5, 5.41) is 3.36. The summed E-state index contributed by atoms with van der Waals surface area (Å²) in [5.41, 5.74) is 1.71. The van der Waals surface area contributed by atoms with Gasteiger partial charge in [0.1, 0.15) is 0 Å². The molecule has 2 aliphatic rings. The van der Waals surface area contributed by atoms with E-state index in [1.165, 1.54) is 0 Å². The lowest BCUT2D eigenvalue weighted by molar-refractivity contribution is 0.122. The minimum absolute atomic E-state index is 0. The first kappa shape index (κ1) is 18.6. The zero-order valence-corrected chi connectivity index (χ0v) is 14.8. The second-order valence-electron chi connectivity index (χ2n) is 5.99. The lowest BCUT2D eigenvalue weighted by Crippen LogP contribution is -2.52. The number of sulfonamides is 1. The SMILES string of the molecule is COCC1(CNS(=O)(=O)c2ccc3c(c2)COC3)CCCN1.Cl. The molecule has 8 heteroatoms. The van der Waals surface area contributed by atoms with Gasteiger partial charge in [-0.05, 0) is 42.6 Å². The maximum atomic E-state index is 12.5. The fourth-order valence-electron chi connectivity index (χ4n) is 3.10. The van der Waals surface area contributed by atoms with Crippen molar-refractivity contribution >= 4 is 22.4 Å². The second-order valence-corrected chi connectivity index (χ2v) is 7.76. The van der Waals surface area contributed by atoms with Crippen molar-refractivity contribution in [1.82, 2.24) is 10.0 Å². The lowest BCUT2D eigenvalue weighted by Gasteiger charge is -2.28. The summed E-state index contributed by atoms with van der Waals surface area (Å²) >= 11 is 0. The quantitative estimate of drug-likeness (QED) is 0.794. The lowest BCUT2D eigenvalue weighted by atomic mass is 9.99. The molecule has 1 atom stereocenters. The fraction of sp³-hybridized carbons (Fsp3) is 0.600. The molecule has 1 unspecified atom stereocenters. The third-order valence-corrected chi connectivity index (χ3v) is 5.76. The van der Waals surface area contributed by atoms with Crippen LogP contribution in [0.4, 0.5) is 0 Å². The van der Waals surface area contributed by atoms with Crippen molar-refractivity contribution < 1.29 is 17.9 Å². The van der Waals surface area contributed by atoms with Crippen molar-refractivity contribution in [3.8, 4) is 0 Å². The predicted molar refractivity (Wildman–Crippen MR) is 89.2 cm³/mol. The molecule has 130 valence electrons. The van der Waals surface area contributed by atoms with E-state index in [-0.39, 0.29) is 17.9 Å². The van der Waals surface area contributed by atoms with Crippen LogP contribution in [0.5, 0.6) is 0 Å². The van der Waals surface area contributed by atoms with E-state index in [1.807, 2.05) is 6.07 Å². The summed E-state index contributed by atoms with van der Waals surface area (Å²) in [6.45, 7) is 2.75. The Bertz CT molecular complexity index is 645. The monoisotopic (exact) mass is 362 g/mol. The highest BCUT2D eigenvalue weighted by atomic mass is 35.5. The van der Waals surface area contributed by atoms with Crippen LogP contribution in [0.2, 0.25) is 0 Å². The Morgan fingerprint density at radius 1 is 1.35 bits per heavy atom. The van der Waals surface area contributed by atoms with E-state index in [4.69, 9.17) is 9.47 Å². The molecule has 1 fully saturated rings. The Labute approximate surface area is 143 Å². The van der Waals surface area contributed by atoms with Crippen LogP contribution in [0.25, 0.3) is 0 Å². The van der Waals surface area contributed by atoms with E-state index in [0.717, 1.165) is 30.5 Å². The molecular weight excluding hydrogens is 340 g/mol. The Morgan fingerprint density at radius 2 is 2.13 bits per heavy atom. The topological polar surface area (TPSA) is 76.7 Å². The number of fused-ring (bicyclic) bond motifs is 1. The molecule has 3 rings (SSSR count). The zero-order chi connectivity index (χ0) is 15.6. The average molecular weight is 363 g/mol.